The standard InChI is InChI=1S/C30H23ClFN5O3S/c31-26-9-5-4-8-25(26)29(38)33-27(18-20-6-2-1-3-7-20)28-34-35-30(41-19-21-10-12-22(32)13-11-21)36(28)23-14-16-24(17-15-23)37(39)40/h1-17,27H,18-19H2,(H,33,38). The van der Waals surface area contributed by atoms with E-state index in [9.17, 15) is 19.3 Å². The van der Waals surface area contributed by atoms with E-state index in [1.807, 2.05) is 30.3 Å². The van der Waals surface area contributed by atoms with Gasteiger partial charge in [-0.3, -0.25) is 19.5 Å². The predicted molar refractivity (Wildman–Crippen MR) is 156 cm³/mol. The highest BCUT2D eigenvalue weighted by atomic mass is 35.5. The number of hydrogen-bond acceptors (Lipinski definition) is 6. The predicted octanol–water partition coefficient (Wildman–Crippen LogP) is 6.97. The first-order chi connectivity index (χ1) is 19.9. The molecule has 1 unspecified atom stereocenters. The molecule has 0 saturated carbocycles. The van der Waals surface area contributed by atoms with Gasteiger partial charge in [-0.05, 0) is 53.9 Å². The van der Waals surface area contributed by atoms with Gasteiger partial charge in [0.1, 0.15) is 5.82 Å². The minimum Gasteiger partial charge on any atom is -0.342 e. The molecule has 1 heterocycles. The molecule has 0 aliphatic heterocycles. The maximum Gasteiger partial charge on any atom is 0.269 e. The zero-order chi connectivity index (χ0) is 28.8. The first-order valence-corrected chi connectivity index (χ1v) is 13.9. The highest BCUT2D eigenvalue weighted by Crippen LogP contribution is 2.30. The summed E-state index contributed by atoms with van der Waals surface area (Å²) in [5.41, 5.74) is 2.68. The number of carbonyl (C=O) groups is 1. The number of aromatic nitrogens is 3. The van der Waals surface area contributed by atoms with Crippen LogP contribution in [0, 0.1) is 15.9 Å². The molecule has 4 aromatic carbocycles. The van der Waals surface area contributed by atoms with Crippen LogP contribution in [0.25, 0.3) is 5.69 Å². The molecule has 0 aliphatic rings. The number of carbonyl (C=O) groups excluding carboxylic acids is 1. The summed E-state index contributed by atoms with van der Waals surface area (Å²) in [7, 11) is 0. The molecule has 0 bridgehead atoms. The van der Waals surface area contributed by atoms with Crippen molar-refractivity contribution in [2.75, 3.05) is 0 Å². The van der Waals surface area contributed by atoms with Crippen molar-refractivity contribution >= 4 is 35.0 Å². The summed E-state index contributed by atoms with van der Waals surface area (Å²) in [6, 6.07) is 28.0. The second kappa shape index (κ2) is 12.8. The lowest BCUT2D eigenvalue weighted by atomic mass is 10.0. The van der Waals surface area contributed by atoms with E-state index in [2.05, 4.69) is 15.5 Å². The lowest BCUT2D eigenvalue weighted by Gasteiger charge is -2.20. The molecule has 0 spiro atoms. The number of amides is 1. The molecule has 1 amide bonds. The van der Waals surface area contributed by atoms with Crippen molar-refractivity contribution in [1.82, 2.24) is 20.1 Å². The fourth-order valence-electron chi connectivity index (χ4n) is 4.23. The van der Waals surface area contributed by atoms with Gasteiger partial charge in [0.05, 0.1) is 21.6 Å². The summed E-state index contributed by atoms with van der Waals surface area (Å²) in [5, 5.41) is 24.1. The molecule has 8 nitrogen and oxygen atoms in total. The number of non-ortho nitro benzene ring substituents is 1. The molecule has 206 valence electrons. The second-order valence-electron chi connectivity index (χ2n) is 9.06. The number of benzene rings is 4. The van der Waals surface area contributed by atoms with E-state index in [-0.39, 0.29) is 17.4 Å². The Kier molecular flexibility index (Phi) is 8.71. The van der Waals surface area contributed by atoms with Crippen LogP contribution in [-0.2, 0) is 12.2 Å². The molecule has 11 heteroatoms. The molecular formula is C30H23ClFN5O3S. The third-order valence-electron chi connectivity index (χ3n) is 6.28. The Morgan fingerprint density at radius 3 is 2.29 bits per heavy atom. The summed E-state index contributed by atoms with van der Waals surface area (Å²) in [6.07, 6.45) is 0.394. The highest BCUT2D eigenvalue weighted by molar-refractivity contribution is 7.98. The van der Waals surface area contributed by atoms with Crippen LogP contribution in [0.2, 0.25) is 5.02 Å². The monoisotopic (exact) mass is 587 g/mol. The lowest BCUT2D eigenvalue weighted by molar-refractivity contribution is -0.384. The van der Waals surface area contributed by atoms with Gasteiger partial charge in [0, 0.05) is 23.6 Å². The van der Waals surface area contributed by atoms with Crippen LogP contribution in [0.15, 0.2) is 108 Å². The number of nitro groups is 1. The van der Waals surface area contributed by atoms with Gasteiger partial charge < -0.3 is 5.32 Å². The number of nitrogens with one attached hydrogen (secondary N) is 1. The fourth-order valence-corrected chi connectivity index (χ4v) is 5.37. The van der Waals surface area contributed by atoms with Crippen LogP contribution in [0.1, 0.15) is 33.4 Å². The third-order valence-corrected chi connectivity index (χ3v) is 7.61. The molecule has 0 radical (unpaired) electrons. The van der Waals surface area contributed by atoms with Gasteiger partial charge in [0.15, 0.2) is 11.0 Å². The number of hydrogen-bond donors (Lipinski definition) is 1. The molecule has 1 atom stereocenters. The van der Waals surface area contributed by atoms with Gasteiger partial charge in [0.2, 0.25) is 0 Å². The SMILES string of the molecule is O=C(NC(Cc1ccccc1)c1nnc(SCc2ccc(F)cc2)n1-c1ccc([N+](=O)[O-])cc1)c1ccccc1Cl. The summed E-state index contributed by atoms with van der Waals surface area (Å²) in [4.78, 5) is 24.2. The lowest BCUT2D eigenvalue weighted by Crippen LogP contribution is -2.32. The molecular weight excluding hydrogens is 565 g/mol. The zero-order valence-electron chi connectivity index (χ0n) is 21.5. The van der Waals surface area contributed by atoms with Crippen LogP contribution in [-0.4, -0.2) is 25.6 Å². The van der Waals surface area contributed by atoms with Gasteiger partial charge in [-0.25, -0.2) is 4.39 Å². The quantitative estimate of drug-likeness (QED) is 0.107. The van der Waals surface area contributed by atoms with Crippen molar-refractivity contribution in [2.24, 2.45) is 0 Å². The van der Waals surface area contributed by atoms with Crippen LogP contribution in [0.5, 0.6) is 0 Å². The largest absolute Gasteiger partial charge is 0.342 e. The third kappa shape index (κ3) is 6.79. The summed E-state index contributed by atoms with van der Waals surface area (Å²) < 4.78 is 15.2. The first kappa shape index (κ1) is 28.0. The molecule has 41 heavy (non-hydrogen) atoms. The van der Waals surface area contributed by atoms with Crippen molar-refractivity contribution in [2.45, 2.75) is 23.4 Å². The topological polar surface area (TPSA) is 103 Å². The average Bonchev–Trinajstić information content (AvgIpc) is 3.41. The van der Waals surface area contributed by atoms with E-state index in [0.29, 0.717) is 39.4 Å². The van der Waals surface area contributed by atoms with Crippen molar-refractivity contribution in [3.05, 3.63) is 147 Å². The number of rotatable bonds is 10. The molecule has 1 aromatic heterocycles. The van der Waals surface area contributed by atoms with Crippen molar-refractivity contribution in [3.8, 4) is 5.69 Å². The number of nitro benzene ring substituents is 1. The Labute approximate surface area is 244 Å². The zero-order valence-corrected chi connectivity index (χ0v) is 23.1. The smallest absolute Gasteiger partial charge is 0.269 e. The Morgan fingerprint density at radius 2 is 1.61 bits per heavy atom. The van der Waals surface area contributed by atoms with Crippen molar-refractivity contribution in [1.29, 1.82) is 0 Å². The van der Waals surface area contributed by atoms with Gasteiger partial charge in [0.25, 0.3) is 11.6 Å². The van der Waals surface area contributed by atoms with E-state index in [0.717, 1.165) is 11.1 Å². The second-order valence-corrected chi connectivity index (χ2v) is 10.4. The van der Waals surface area contributed by atoms with Crippen LogP contribution in [0.3, 0.4) is 0 Å². The van der Waals surface area contributed by atoms with E-state index in [4.69, 9.17) is 11.6 Å². The van der Waals surface area contributed by atoms with Crippen LogP contribution >= 0.6 is 23.4 Å². The number of thioether (sulfide) groups is 1. The van der Waals surface area contributed by atoms with Crippen LogP contribution < -0.4 is 5.32 Å². The Balaban J connectivity index is 1.56. The average molecular weight is 588 g/mol. The van der Waals surface area contributed by atoms with E-state index in [1.54, 1.807) is 53.1 Å². The number of halogens is 2. The maximum absolute atomic E-state index is 13.4. The summed E-state index contributed by atoms with van der Waals surface area (Å²) >= 11 is 7.69. The maximum atomic E-state index is 13.4. The molecule has 0 aliphatic carbocycles. The van der Waals surface area contributed by atoms with E-state index >= 15 is 0 Å². The Morgan fingerprint density at radius 1 is 0.927 bits per heavy atom. The van der Waals surface area contributed by atoms with Crippen LogP contribution in [0.4, 0.5) is 10.1 Å². The molecule has 0 fully saturated rings. The first-order valence-electron chi connectivity index (χ1n) is 12.6. The Bertz CT molecular complexity index is 1660. The van der Waals surface area contributed by atoms with Gasteiger partial charge in [-0.15, -0.1) is 10.2 Å². The van der Waals surface area contributed by atoms with Crippen molar-refractivity contribution in [3.63, 3.8) is 0 Å². The molecule has 5 aromatic rings. The summed E-state index contributed by atoms with van der Waals surface area (Å²) in [5.74, 6) is 0.203. The van der Waals surface area contributed by atoms with Crippen molar-refractivity contribution < 1.29 is 14.1 Å². The molecule has 0 saturated heterocycles. The normalized spacial score (nSPS) is 11.7. The highest BCUT2D eigenvalue weighted by Gasteiger charge is 2.26. The van der Waals surface area contributed by atoms with E-state index < -0.39 is 11.0 Å². The minimum absolute atomic E-state index is 0.0586. The molecule has 1 N–H and O–H groups in total. The number of nitrogens with zero attached hydrogens (tertiary/aromatic N) is 4. The van der Waals surface area contributed by atoms with E-state index in [1.165, 1.54) is 36.0 Å². The Hall–Kier alpha value is -4.54. The summed E-state index contributed by atoms with van der Waals surface area (Å²) in [6.45, 7) is 0. The fraction of sp³-hybridized carbons (Fsp3) is 0.100. The molecule has 5 rings (SSSR count). The van der Waals surface area contributed by atoms with Gasteiger partial charge >= 0.3 is 0 Å². The van der Waals surface area contributed by atoms with Gasteiger partial charge in [-0.1, -0.05) is 78.0 Å². The minimum atomic E-state index is -0.635. The van der Waals surface area contributed by atoms with Gasteiger partial charge in [-0.2, -0.15) is 0 Å².